The summed E-state index contributed by atoms with van der Waals surface area (Å²) in [6, 6.07) is 12.7. The molecular weight excluding hydrogens is 440 g/mol. The third-order valence-electron chi connectivity index (χ3n) is 5.71. The molecule has 1 atom stereocenters. The molecule has 0 aliphatic carbocycles. The summed E-state index contributed by atoms with van der Waals surface area (Å²) < 4.78 is 28.3. The van der Waals surface area contributed by atoms with Crippen LogP contribution in [0.1, 0.15) is 24.0 Å². The van der Waals surface area contributed by atoms with Crippen LogP contribution in [0.3, 0.4) is 0 Å². The van der Waals surface area contributed by atoms with E-state index in [9.17, 15) is 13.2 Å². The van der Waals surface area contributed by atoms with Gasteiger partial charge in [0.05, 0.1) is 10.8 Å². The fourth-order valence-electron chi connectivity index (χ4n) is 4.18. The molecule has 7 heteroatoms. The van der Waals surface area contributed by atoms with E-state index in [1.165, 1.54) is 15.4 Å². The minimum Gasteiger partial charge on any atom is -0.312 e. The molecule has 1 fully saturated rings. The molecule has 0 aromatic heterocycles. The van der Waals surface area contributed by atoms with Crippen molar-refractivity contribution in [3.63, 3.8) is 0 Å². The zero-order chi connectivity index (χ0) is 19.9. The van der Waals surface area contributed by atoms with E-state index in [0.717, 1.165) is 23.0 Å². The average molecular weight is 463 g/mol. The molecular formula is C21H23BrN2O3S. The van der Waals surface area contributed by atoms with Gasteiger partial charge >= 0.3 is 0 Å². The van der Waals surface area contributed by atoms with Crippen molar-refractivity contribution in [3.05, 3.63) is 58.1 Å². The van der Waals surface area contributed by atoms with Crippen LogP contribution in [0.5, 0.6) is 0 Å². The molecule has 2 aromatic rings. The quantitative estimate of drug-likeness (QED) is 0.697. The molecule has 4 rings (SSSR count). The largest absolute Gasteiger partial charge is 0.312 e. The van der Waals surface area contributed by atoms with Crippen LogP contribution in [-0.2, 0) is 21.2 Å². The predicted molar refractivity (Wildman–Crippen MR) is 113 cm³/mol. The number of carbonyl (C=O) groups excluding carboxylic acids is 1. The van der Waals surface area contributed by atoms with E-state index in [0.29, 0.717) is 19.5 Å². The molecule has 1 unspecified atom stereocenters. The first kappa shape index (κ1) is 19.6. The minimum absolute atomic E-state index is 0.0417. The van der Waals surface area contributed by atoms with E-state index in [1.807, 2.05) is 17.0 Å². The number of hydrogen-bond acceptors (Lipinski definition) is 3. The molecule has 5 nitrogen and oxygen atoms in total. The molecule has 0 saturated carbocycles. The maximum atomic E-state index is 13.2. The second-order valence-corrected chi connectivity index (χ2v) is 10.3. The Hall–Kier alpha value is -1.70. The van der Waals surface area contributed by atoms with Gasteiger partial charge in [-0.1, -0.05) is 28.1 Å². The summed E-state index contributed by atoms with van der Waals surface area (Å²) in [5, 5.41) is 0. The Labute approximate surface area is 174 Å². The van der Waals surface area contributed by atoms with Crippen molar-refractivity contribution in [3.8, 4) is 0 Å². The Morgan fingerprint density at radius 3 is 2.61 bits per heavy atom. The van der Waals surface area contributed by atoms with Gasteiger partial charge in [0, 0.05) is 29.8 Å². The maximum Gasteiger partial charge on any atom is 0.243 e. The predicted octanol–water partition coefficient (Wildman–Crippen LogP) is 3.75. The number of anilines is 1. The lowest BCUT2D eigenvalue weighted by Crippen LogP contribution is -2.46. The Kier molecular flexibility index (Phi) is 5.33. The standard InChI is InChI=1S/C21H23BrN2O3S/c1-15-4-2-6-20-19(15)11-13-24(20)21(25)16-5-3-12-23(14-16)28(26,27)18-9-7-17(22)8-10-18/h2,4,6-10,16H,3,5,11-14H2,1H3. The number of fused-ring (bicyclic) bond motifs is 1. The van der Waals surface area contributed by atoms with E-state index < -0.39 is 10.0 Å². The van der Waals surface area contributed by atoms with Gasteiger partial charge in [0.25, 0.3) is 0 Å². The fourth-order valence-corrected chi connectivity index (χ4v) is 5.96. The molecule has 2 aliphatic rings. The van der Waals surface area contributed by atoms with Gasteiger partial charge in [0.1, 0.15) is 0 Å². The van der Waals surface area contributed by atoms with E-state index in [4.69, 9.17) is 0 Å². The Morgan fingerprint density at radius 1 is 1.11 bits per heavy atom. The summed E-state index contributed by atoms with van der Waals surface area (Å²) in [4.78, 5) is 15.3. The van der Waals surface area contributed by atoms with Crippen LogP contribution in [-0.4, -0.2) is 38.3 Å². The monoisotopic (exact) mass is 462 g/mol. The SMILES string of the molecule is Cc1cccc2c1CCN2C(=O)C1CCCN(S(=O)(=O)c2ccc(Br)cc2)C1. The van der Waals surface area contributed by atoms with Gasteiger partial charge in [-0.15, -0.1) is 0 Å². The van der Waals surface area contributed by atoms with Gasteiger partial charge in [-0.3, -0.25) is 4.79 Å². The minimum atomic E-state index is -3.59. The second-order valence-electron chi connectivity index (χ2n) is 7.47. The molecule has 0 spiro atoms. The lowest BCUT2D eigenvalue weighted by molar-refractivity contribution is -0.123. The van der Waals surface area contributed by atoms with Crippen LogP contribution in [0.15, 0.2) is 51.8 Å². The molecule has 1 amide bonds. The van der Waals surface area contributed by atoms with Gasteiger partial charge in [-0.05, 0) is 67.6 Å². The summed E-state index contributed by atoms with van der Waals surface area (Å²) in [6.07, 6.45) is 2.28. The molecule has 1 saturated heterocycles. The van der Waals surface area contributed by atoms with Crippen LogP contribution in [0.25, 0.3) is 0 Å². The van der Waals surface area contributed by atoms with Crippen molar-refractivity contribution in [2.75, 3.05) is 24.5 Å². The van der Waals surface area contributed by atoms with Crippen LogP contribution < -0.4 is 4.90 Å². The number of rotatable bonds is 3. The zero-order valence-electron chi connectivity index (χ0n) is 15.8. The highest BCUT2D eigenvalue weighted by molar-refractivity contribution is 9.10. The number of aryl methyl sites for hydroxylation is 1. The Morgan fingerprint density at radius 2 is 1.86 bits per heavy atom. The summed E-state index contributed by atoms with van der Waals surface area (Å²) in [5.74, 6) is -0.259. The normalized spacial score (nSPS) is 20.2. The number of nitrogens with zero attached hydrogens (tertiary/aromatic N) is 2. The lowest BCUT2D eigenvalue weighted by Gasteiger charge is -2.33. The van der Waals surface area contributed by atoms with Crippen molar-refractivity contribution in [1.29, 1.82) is 0 Å². The van der Waals surface area contributed by atoms with E-state index in [2.05, 4.69) is 28.9 Å². The topological polar surface area (TPSA) is 57.7 Å². The second kappa shape index (κ2) is 7.61. The molecule has 0 radical (unpaired) electrons. The summed E-state index contributed by atoms with van der Waals surface area (Å²) >= 11 is 3.33. The molecule has 0 bridgehead atoms. The lowest BCUT2D eigenvalue weighted by atomic mass is 9.98. The molecule has 28 heavy (non-hydrogen) atoms. The summed E-state index contributed by atoms with van der Waals surface area (Å²) in [6.45, 7) is 3.45. The number of amides is 1. The molecule has 2 heterocycles. The Bertz CT molecular complexity index is 1000. The van der Waals surface area contributed by atoms with Crippen molar-refractivity contribution in [2.45, 2.75) is 31.1 Å². The Balaban J connectivity index is 1.54. The smallest absolute Gasteiger partial charge is 0.243 e. The molecule has 2 aliphatic heterocycles. The van der Waals surface area contributed by atoms with Crippen molar-refractivity contribution in [2.24, 2.45) is 5.92 Å². The van der Waals surface area contributed by atoms with E-state index >= 15 is 0 Å². The van der Waals surface area contributed by atoms with Gasteiger partial charge < -0.3 is 4.90 Å². The molecule has 0 N–H and O–H groups in total. The number of halogens is 1. The zero-order valence-corrected chi connectivity index (χ0v) is 18.2. The highest BCUT2D eigenvalue weighted by Gasteiger charge is 2.37. The highest BCUT2D eigenvalue weighted by atomic mass is 79.9. The van der Waals surface area contributed by atoms with Crippen molar-refractivity contribution < 1.29 is 13.2 Å². The fraction of sp³-hybridized carbons (Fsp3) is 0.381. The maximum absolute atomic E-state index is 13.2. The van der Waals surface area contributed by atoms with Crippen molar-refractivity contribution in [1.82, 2.24) is 4.31 Å². The van der Waals surface area contributed by atoms with Gasteiger partial charge in [-0.25, -0.2) is 8.42 Å². The van der Waals surface area contributed by atoms with Gasteiger partial charge in [0.2, 0.25) is 15.9 Å². The van der Waals surface area contributed by atoms with Crippen LogP contribution >= 0.6 is 15.9 Å². The first-order chi connectivity index (χ1) is 13.4. The van der Waals surface area contributed by atoms with Gasteiger partial charge in [-0.2, -0.15) is 4.31 Å². The first-order valence-electron chi connectivity index (χ1n) is 9.53. The average Bonchev–Trinajstić information content (AvgIpc) is 3.13. The number of piperidine rings is 1. The van der Waals surface area contributed by atoms with E-state index in [-0.39, 0.29) is 23.3 Å². The van der Waals surface area contributed by atoms with Crippen LogP contribution in [0.4, 0.5) is 5.69 Å². The van der Waals surface area contributed by atoms with Crippen LogP contribution in [0, 0.1) is 12.8 Å². The van der Waals surface area contributed by atoms with E-state index in [1.54, 1.807) is 24.3 Å². The summed E-state index contributed by atoms with van der Waals surface area (Å²) in [5.41, 5.74) is 3.42. The summed E-state index contributed by atoms with van der Waals surface area (Å²) in [7, 11) is -3.59. The van der Waals surface area contributed by atoms with Crippen molar-refractivity contribution >= 4 is 37.5 Å². The number of sulfonamides is 1. The number of benzene rings is 2. The third-order valence-corrected chi connectivity index (χ3v) is 8.12. The molecule has 2 aromatic carbocycles. The van der Waals surface area contributed by atoms with Crippen LogP contribution in [0.2, 0.25) is 0 Å². The number of hydrogen-bond donors (Lipinski definition) is 0. The molecule has 148 valence electrons. The third kappa shape index (κ3) is 3.51. The van der Waals surface area contributed by atoms with Gasteiger partial charge in [0.15, 0.2) is 0 Å². The first-order valence-corrected chi connectivity index (χ1v) is 11.8. The highest BCUT2D eigenvalue weighted by Crippen LogP contribution is 2.33. The number of carbonyl (C=O) groups is 1.